The molecule has 8 nitrogen and oxygen atoms in total. The minimum absolute atomic E-state index is 0.0873. The van der Waals surface area contributed by atoms with E-state index in [-0.39, 0.29) is 12.0 Å². The van der Waals surface area contributed by atoms with E-state index in [1.54, 1.807) is 34.1 Å². The van der Waals surface area contributed by atoms with Crippen molar-refractivity contribution in [3.05, 3.63) is 54.1 Å². The summed E-state index contributed by atoms with van der Waals surface area (Å²) in [6, 6.07) is 7.61. The molecule has 134 valence electrons. The van der Waals surface area contributed by atoms with Gasteiger partial charge in [-0.05, 0) is 18.2 Å². The van der Waals surface area contributed by atoms with Gasteiger partial charge in [0.25, 0.3) is 5.91 Å². The van der Waals surface area contributed by atoms with Crippen LogP contribution in [0.3, 0.4) is 0 Å². The van der Waals surface area contributed by atoms with Crippen LogP contribution in [0, 0.1) is 0 Å². The van der Waals surface area contributed by atoms with Crippen molar-refractivity contribution in [2.24, 2.45) is 0 Å². The maximum absolute atomic E-state index is 13.0. The number of morpholine rings is 1. The maximum atomic E-state index is 13.0. The van der Waals surface area contributed by atoms with Crippen LogP contribution in [-0.2, 0) is 4.74 Å². The van der Waals surface area contributed by atoms with Gasteiger partial charge in [-0.2, -0.15) is 5.10 Å². The molecule has 3 aromatic heterocycles. The Kier molecular flexibility index (Phi) is 4.26. The molecule has 0 saturated carbocycles. The van der Waals surface area contributed by atoms with Crippen LogP contribution < -0.4 is 4.90 Å². The van der Waals surface area contributed by atoms with E-state index in [1.165, 1.54) is 0 Å². The minimum Gasteiger partial charge on any atom is -0.368 e. The first-order chi connectivity index (χ1) is 12.6. The molecular formula is C18H20N6O2. The third-order valence-corrected chi connectivity index (χ3v) is 4.41. The molecule has 1 aliphatic heterocycles. The molecule has 1 amide bonds. The first-order valence-corrected chi connectivity index (χ1v) is 8.47. The molecule has 0 aliphatic carbocycles. The third-order valence-electron chi connectivity index (χ3n) is 4.41. The number of ether oxygens (including phenoxy) is 1. The second kappa shape index (κ2) is 6.72. The monoisotopic (exact) mass is 352 g/mol. The zero-order valence-corrected chi connectivity index (χ0v) is 14.7. The molecule has 0 aromatic carbocycles. The summed E-state index contributed by atoms with van der Waals surface area (Å²) in [5.74, 6) is 0.775. The average Bonchev–Trinajstić information content (AvgIpc) is 3.12. The summed E-state index contributed by atoms with van der Waals surface area (Å²) in [5, 5.41) is 4.20. The van der Waals surface area contributed by atoms with Crippen molar-refractivity contribution in [2.75, 3.05) is 38.7 Å². The van der Waals surface area contributed by atoms with E-state index in [2.05, 4.69) is 15.1 Å². The highest BCUT2D eigenvalue weighted by Gasteiger charge is 2.29. The lowest BCUT2D eigenvalue weighted by Crippen LogP contribution is -2.42. The summed E-state index contributed by atoms with van der Waals surface area (Å²) in [6.45, 7) is 1.46. The highest BCUT2D eigenvalue weighted by atomic mass is 16.5. The second-order valence-electron chi connectivity index (χ2n) is 6.37. The Bertz CT molecular complexity index is 938. The number of carbonyl (C=O) groups excluding carboxylic acids is 1. The smallest absolute Gasteiger partial charge is 0.259 e. The lowest BCUT2D eigenvalue weighted by Gasteiger charge is -2.32. The van der Waals surface area contributed by atoms with Crippen LogP contribution in [0.1, 0.15) is 22.2 Å². The van der Waals surface area contributed by atoms with E-state index >= 15 is 0 Å². The minimum atomic E-state index is -0.248. The van der Waals surface area contributed by atoms with Crippen molar-refractivity contribution in [2.45, 2.75) is 6.10 Å². The summed E-state index contributed by atoms with van der Waals surface area (Å²) in [4.78, 5) is 25.6. The Morgan fingerprint density at radius 2 is 2.19 bits per heavy atom. The zero-order valence-electron chi connectivity index (χ0n) is 14.7. The second-order valence-corrected chi connectivity index (χ2v) is 6.37. The van der Waals surface area contributed by atoms with E-state index in [1.807, 2.05) is 37.2 Å². The predicted molar refractivity (Wildman–Crippen MR) is 96.1 cm³/mol. The standard InChI is InChI=1S/C18H20N6O2/c1-22(2)16-6-3-5-14(21-16)15-12-23(9-10-26-15)18(25)13-11-20-24-8-4-7-19-17(13)24/h3-8,11,15H,9-10,12H2,1-2H3/t15-/m0/s1. The molecule has 1 saturated heterocycles. The maximum Gasteiger partial charge on any atom is 0.259 e. The van der Waals surface area contributed by atoms with Crippen molar-refractivity contribution in [1.29, 1.82) is 0 Å². The molecule has 4 heterocycles. The van der Waals surface area contributed by atoms with E-state index in [9.17, 15) is 4.79 Å². The van der Waals surface area contributed by atoms with Crippen LogP contribution in [-0.4, -0.2) is 64.2 Å². The van der Waals surface area contributed by atoms with Crippen LogP contribution >= 0.6 is 0 Å². The lowest BCUT2D eigenvalue weighted by molar-refractivity contribution is -0.0246. The molecule has 1 aliphatic rings. The van der Waals surface area contributed by atoms with Gasteiger partial charge in [-0.15, -0.1) is 0 Å². The number of hydrogen-bond donors (Lipinski definition) is 0. The highest BCUT2D eigenvalue weighted by molar-refractivity contribution is 5.99. The number of pyridine rings is 1. The normalized spacial score (nSPS) is 17.5. The number of amides is 1. The van der Waals surface area contributed by atoms with Crippen LogP contribution in [0.2, 0.25) is 0 Å². The number of rotatable bonds is 3. The van der Waals surface area contributed by atoms with Gasteiger partial charge in [0, 0.05) is 33.0 Å². The van der Waals surface area contributed by atoms with E-state index in [0.717, 1.165) is 11.5 Å². The van der Waals surface area contributed by atoms with Crippen molar-refractivity contribution in [3.63, 3.8) is 0 Å². The Balaban J connectivity index is 1.57. The SMILES string of the molecule is CN(C)c1cccc([C@@H]2CN(C(=O)c3cnn4cccnc34)CCO2)n1. The molecule has 4 rings (SSSR count). The van der Waals surface area contributed by atoms with Crippen molar-refractivity contribution < 1.29 is 9.53 Å². The number of hydrogen-bond acceptors (Lipinski definition) is 6. The average molecular weight is 352 g/mol. The van der Waals surface area contributed by atoms with Crippen LogP contribution in [0.15, 0.2) is 42.9 Å². The number of aromatic nitrogens is 4. The van der Waals surface area contributed by atoms with Crippen LogP contribution in [0.25, 0.3) is 5.65 Å². The van der Waals surface area contributed by atoms with E-state index < -0.39 is 0 Å². The van der Waals surface area contributed by atoms with Crippen LogP contribution in [0.5, 0.6) is 0 Å². The van der Waals surface area contributed by atoms with E-state index in [4.69, 9.17) is 4.74 Å². The van der Waals surface area contributed by atoms with Gasteiger partial charge in [0.05, 0.1) is 25.0 Å². The van der Waals surface area contributed by atoms with Crippen molar-refractivity contribution >= 4 is 17.4 Å². The summed E-state index contributed by atoms with van der Waals surface area (Å²) in [5.41, 5.74) is 1.89. The lowest BCUT2D eigenvalue weighted by atomic mass is 10.1. The summed E-state index contributed by atoms with van der Waals surface area (Å²) >= 11 is 0. The van der Waals surface area contributed by atoms with Crippen molar-refractivity contribution in [3.8, 4) is 0 Å². The van der Waals surface area contributed by atoms with Gasteiger partial charge < -0.3 is 14.5 Å². The molecule has 8 heteroatoms. The number of fused-ring (bicyclic) bond motifs is 1. The van der Waals surface area contributed by atoms with Gasteiger partial charge in [-0.25, -0.2) is 14.5 Å². The molecule has 1 atom stereocenters. The first-order valence-electron chi connectivity index (χ1n) is 8.47. The molecule has 0 radical (unpaired) electrons. The number of nitrogens with zero attached hydrogens (tertiary/aromatic N) is 6. The highest BCUT2D eigenvalue weighted by Crippen LogP contribution is 2.24. The third kappa shape index (κ3) is 2.99. The van der Waals surface area contributed by atoms with Crippen LogP contribution in [0.4, 0.5) is 5.82 Å². The molecule has 26 heavy (non-hydrogen) atoms. The summed E-state index contributed by atoms with van der Waals surface area (Å²) < 4.78 is 7.48. The first kappa shape index (κ1) is 16.5. The molecule has 3 aromatic rings. The number of anilines is 1. The molecule has 0 N–H and O–H groups in total. The van der Waals surface area contributed by atoms with Gasteiger partial charge in [0.15, 0.2) is 5.65 Å². The largest absolute Gasteiger partial charge is 0.368 e. The quantitative estimate of drug-likeness (QED) is 0.709. The van der Waals surface area contributed by atoms with Gasteiger partial charge >= 0.3 is 0 Å². The fourth-order valence-corrected chi connectivity index (χ4v) is 3.03. The fourth-order valence-electron chi connectivity index (χ4n) is 3.03. The Hall–Kier alpha value is -3.00. The number of carbonyl (C=O) groups is 1. The topological polar surface area (TPSA) is 75.9 Å². The molecule has 1 fully saturated rings. The van der Waals surface area contributed by atoms with Gasteiger partial charge in [0.1, 0.15) is 17.5 Å². The van der Waals surface area contributed by atoms with E-state index in [0.29, 0.717) is 30.9 Å². The van der Waals surface area contributed by atoms with Crippen molar-refractivity contribution in [1.82, 2.24) is 24.5 Å². The summed E-state index contributed by atoms with van der Waals surface area (Å²) in [6.07, 6.45) is 4.76. The molecule has 0 bridgehead atoms. The Morgan fingerprint density at radius 1 is 1.31 bits per heavy atom. The Labute approximate surface area is 151 Å². The predicted octanol–water partition coefficient (Wildman–Crippen LogP) is 1.40. The van der Waals surface area contributed by atoms with Gasteiger partial charge in [-0.3, -0.25) is 4.79 Å². The fraction of sp³-hybridized carbons (Fsp3) is 0.333. The van der Waals surface area contributed by atoms with Gasteiger partial charge in [0.2, 0.25) is 0 Å². The zero-order chi connectivity index (χ0) is 18.1. The molecule has 0 spiro atoms. The summed E-state index contributed by atoms with van der Waals surface area (Å²) in [7, 11) is 3.89. The molecular weight excluding hydrogens is 332 g/mol. The molecule has 0 unspecified atom stereocenters. The van der Waals surface area contributed by atoms with Gasteiger partial charge in [-0.1, -0.05) is 6.07 Å². The Morgan fingerprint density at radius 3 is 3.04 bits per heavy atom.